The topological polar surface area (TPSA) is 35.5 Å². The van der Waals surface area contributed by atoms with Crippen LogP contribution < -0.4 is 0 Å². The van der Waals surface area contributed by atoms with E-state index in [0.29, 0.717) is 6.61 Å². The fraction of sp³-hybridized carbons (Fsp3) is 0.562. The lowest BCUT2D eigenvalue weighted by atomic mass is 9.83. The second-order valence-corrected chi connectivity index (χ2v) is 5.31. The summed E-state index contributed by atoms with van der Waals surface area (Å²) in [7, 11) is 0. The quantitative estimate of drug-likeness (QED) is 0.734. The average Bonchev–Trinajstić information content (AvgIpc) is 2.48. The fourth-order valence-corrected chi connectivity index (χ4v) is 2.74. The first-order valence-corrected chi connectivity index (χ1v) is 6.97. The molecule has 19 heavy (non-hydrogen) atoms. The Balaban J connectivity index is 1.99. The highest BCUT2D eigenvalue weighted by atomic mass is 16.7. The molecule has 2 rings (SSSR count). The van der Waals surface area contributed by atoms with Crippen LogP contribution >= 0.6 is 0 Å². The van der Waals surface area contributed by atoms with Gasteiger partial charge in [0, 0.05) is 12.8 Å². The van der Waals surface area contributed by atoms with Crippen molar-refractivity contribution >= 4 is 6.47 Å². The Hall–Kier alpha value is -1.35. The van der Waals surface area contributed by atoms with Gasteiger partial charge in [-0.3, -0.25) is 0 Å². The van der Waals surface area contributed by atoms with E-state index in [1.165, 1.54) is 19.3 Å². The van der Waals surface area contributed by atoms with Crippen LogP contribution in [0.4, 0.5) is 0 Å². The summed E-state index contributed by atoms with van der Waals surface area (Å²) in [5.74, 6) is -0.579. The van der Waals surface area contributed by atoms with Gasteiger partial charge >= 0.3 is 6.47 Å². The summed E-state index contributed by atoms with van der Waals surface area (Å²) in [6.45, 7) is 3.88. The number of hydrogen-bond donors (Lipinski definition) is 0. The molecule has 0 spiro atoms. The Morgan fingerprint density at radius 3 is 2.53 bits per heavy atom. The molecule has 0 aromatic heterocycles. The van der Waals surface area contributed by atoms with Gasteiger partial charge in [-0.05, 0) is 18.4 Å². The summed E-state index contributed by atoms with van der Waals surface area (Å²) in [6.07, 6.45) is 5.71. The van der Waals surface area contributed by atoms with E-state index in [1.54, 1.807) is 6.47 Å². The lowest BCUT2D eigenvalue weighted by molar-refractivity contribution is -0.225. The van der Waals surface area contributed by atoms with Crippen LogP contribution in [-0.2, 0) is 20.9 Å². The smallest absolute Gasteiger partial charge is 0.420 e. The minimum absolute atomic E-state index is 0.270. The Morgan fingerprint density at radius 2 is 1.89 bits per heavy atom. The molecule has 1 fully saturated rings. The van der Waals surface area contributed by atoms with E-state index in [1.807, 2.05) is 37.3 Å². The molecule has 0 amide bonds. The molecule has 0 N–H and O–H groups in total. The molecule has 1 radical (unpaired) electrons. The Kier molecular flexibility index (Phi) is 4.97. The van der Waals surface area contributed by atoms with Crippen LogP contribution in [0, 0.1) is 5.92 Å². The lowest BCUT2D eigenvalue weighted by Gasteiger charge is -2.37. The number of benzene rings is 1. The maximum Gasteiger partial charge on any atom is 0.420 e. The Bertz CT molecular complexity index is 384. The molecule has 1 aliphatic rings. The summed E-state index contributed by atoms with van der Waals surface area (Å²) in [5.41, 5.74) is 1.08. The van der Waals surface area contributed by atoms with Gasteiger partial charge in [0.25, 0.3) is 0 Å². The first-order valence-electron chi connectivity index (χ1n) is 6.97. The predicted octanol–water partition coefficient (Wildman–Crippen LogP) is 3.58. The third-order valence-corrected chi connectivity index (χ3v) is 3.96. The van der Waals surface area contributed by atoms with E-state index >= 15 is 0 Å². The van der Waals surface area contributed by atoms with Crippen LogP contribution in [0.25, 0.3) is 0 Å². The standard InChI is InChI=1S/C16H21O3/c1-16(19-13-17,15-10-6-3-7-11-15)18-12-14-8-4-2-5-9-14/h2,4-5,8-9,15H,3,6-7,10-12H2,1H3. The minimum Gasteiger partial charge on any atom is -0.425 e. The van der Waals surface area contributed by atoms with Crippen LogP contribution in [0.5, 0.6) is 0 Å². The van der Waals surface area contributed by atoms with Gasteiger partial charge < -0.3 is 9.47 Å². The molecule has 0 aliphatic heterocycles. The first-order chi connectivity index (χ1) is 9.24. The maximum atomic E-state index is 10.6. The van der Waals surface area contributed by atoms with Gasteiger partial charge in [0.2, 0.25) is 5.79 Å². The van der Waals surface area contributed by atoms with Crippen molar-refractivity contribution in [3.05, 3.63) is 35.9 Å². The third kappa shape index (κ3) is 3.80. The molecule has 3 heteroatoms. The van der Waals surface area contributed by atoms with Crippen molar-refractivity contribution in [2.75, 3.05) is 0 Å². The highest BCUT2D eigenvalue weighted by Crippen LogP contribution is 2.36. The van der Waals surface area contributed by atoms with Crippen molar-refractivity contribution in [3.8, 4) is 0 Å². The lowest BCUT2D eigenvalue weighted by Crippen LogP contribution is -2.41. The van der Waals surface area contributed by atoms with Gasteiger partial charge in [0.05, 0.1) is 6.61 Å². The van der Waals surface area contributed by atoms with Crippen molar-refractivity contribution in [3.63, 3.8) is 0 Å². The molecule has 1 saturated carbocycles. The molecular formula is C16H21O3. The SMILES string of the molecule is CC(O[C]=O)(OCc1ccccc1)C1CCCCC1. The Labute approximate surface area is 114 Å². The summed E-state index contributed by atoms with van der Waals surface area (Å²) >= 11 is 0. The van der Waals surface area contributed by atoms with Gasteiger partial charge in [-0.15, -0.1) is 0 Å². The molecule has 103 valence electrons. The molecule has 0 heterocycles. The minimum atomic E-state index is -0.849. The zero-order valence-electron chi connectivity index (χ0n) is 11.4. The monoisotopic (exact) mass is 261 g/mol. The summed E-state index contributed by atoms with van der Waals surface area (Å²) in [6, 6.07) is 9.93. The second-order valence-electron chi connectivity index (χ2n) is 5.31. The number of ether oxygens (including phenoxy) is 2. The molecule has 0 saturated heterocycles. The van der Waals surface area contributed by atoms with Crippen molar-refractivity contribution in [2.45, 2.75) is 51.4 Å². The molecule has 1 unspecified atom stereocenters. The average molecular weight is 261 g/mol. The third-order valence-electron chi connectivity index (χ3n) is 3.96. The molecule has 1 aliphatic carbocycles. The van der Waals surface area contributed by atoms with Crippen molar-refractivity contribution in [1.82, 2.24) is 0 Å². The normalized spacial score (nSPS) is 19.6. The van der Waals surface area contributed by atoms with E-state index in [-0.39, 0.29) is 5.92 Å². The predicted molar refractivity (Wildman–Crippen MR) is 73.0 cm³/mol. The van der Waals surface area contributed by atoms with Gasteiger partial charge in [-0.2, -0.15) is 0 Å². The highest BCUT2D eigenvalue weighted by Gasteiger charge is 2.38. The van der Waals surface area contributed by atoms with Crippen LogP contribution in [0.2, 0.25) is 0 Å². The van der Waals surface area contributed by atoms with Gasteiger partial charge in [0.1, 0.15) is 0 Å². The molecular weight excluding hydrogens is 240 g/mol. The van der Waals surface area contributed by atoms with E-state index < -0.39 is 5.79 Å². The first kappa shape index (κ1) is 14.1. The number of hydrogen-bond acceptors (Lipinski definition) is 3. The van der Waals surface area contributed by atoms with Crippen molar-refractivity contribution in [2.24, 2.45) is 5.92 Å². The van der Waals surface area contributed by atoms with Gasteiger partial charge in [-0.25, -0.2) is 4.79 Å². The van der Waals surface area contributed by atoms with E-state index in [9.17, 15) is 4.79 Å². The van der Waals surface area contributed by atoms with Crippen LogP contribution in [0.3, 0.4) is 0 Å². The van der Waals surface area contributed by atoms with Crippen LogP contribution in [0.15, 0.2) is 30.3 Å². The fourth-order valence-electron chi connectivity index (χ4n) is 2.74. The van der Waals surface area contributed by atoms with E-state index in [2.05, 4.69) is 0 Å². The second kappa shape index (κ2) is 6.71. The van der Waals surface area contributed by atoms with E-state index in [4.69, 9.17) is 9.47 Å². The van der Waals surface area contributed by atoms with Crippen LogP contribution in [0.1, 0.15) is 44.6 Å². The summed E-state index contributed by atoms with van der Waals surface area (Å²) in [4.78, 5) is 10.6. The van der Waals surface area contributed by atoms with E-state index in [0.717, 1.165) is 18.4 Å². The number of carbonyl (C=O) groups excluding carboxylic acids is 1. The van der Waals surface area contributed by atoms with Crippen molar-refractivity contribution < 1.29 is 14.3 Å². The molecule has 1 aromatic rings. The Morgan fingerprint density at radius 1 is 1.21 bits per heavy atom. The van der Waals surface area contributed by atoms with Crippen molar-refractivity contribution in [1.29, 1.82) is 0 Å². The molecule has 0 bridgehead atoms. The zero-order valence-corrected chi connectivity index (χ0v) is 11.4. The largest absolute Gasteiger partial charge is 0.425 e. The molecule has 3 nitrogen and oxygen atoms in total. The van der Waals surface area contributed by atoms with Crippen LogP contribution in [-0.4, -0.2) is 12.3 Å². The van der Waals surface area contributed by atoms with Gasteiger partial charge in [0.15, 0.2) is 0 Å². The summed E-state index contributed by atoms with van der Waals surface area (Å²) in [5, 5.41) is 0. The molecule has 1 aromatic carbocycles. The zero-order chi connectivity index (χ0) is 13.6. The maximum absolute atomic E-state index is 10.6. The van der Waals surface area contributed by atoms with Gasteiger partial charge in [-0.1, -0.05) is 49.6 Å². The number of rotatable bonds is 6. The highest BCUT2D eigenvalue weighted by molar-refractivity contribution is 5.39. The molecule has 1 atom stereocenters. The summed E-state index contributed by atoms with van der Waals surface area (Å²) < 4.78 is 11.1.